The molecule has 1 rings (SSSR count). The summed E-state index contributed by atoms with van der Waals surface area (Å²) < 4.78 is 9.78. The first kappa shape index (κ1) is 18.4. The Labute approximate surface area is 133 Å². The van der Waals surface area contributed by atoms with Crippen molar-refractivity contribution in [1.82, 2.24) is 0 Å². The van der Waals surface area contributed by atoms with Crippen molar-refractivity contribution in [1.29, 1.82) is 0 Å². The average Bonchev–Trinajstić information content (AvgIpc) is 2.52. The third kappa shape index (κ3) is 5.91. The van der Waals surface area contributed by atoms with Gasteiger partial charge in [0.25, 0.3) is 0 Å². The maximum Gasteiger partial charge on any atom is 0.339 e. The number of rotatable bonds is 8. The second-order valence-electron chi connectivity index (χ2n) is 4.79. The Morgan fingerprint density at radius 3 is 2.43 bits per heavy atom. The molecule has 2 unspecified atom stereocenters. The van der Waals surface area contributed by atoms with Gasteiger partial charge in [0, 0.05) is 12.5 Å². The van der Waals surface area contributed by atoms with Gasteiger partial charge in [-0.1, -0.05) is 18.7 Å². The average molecular weight is 322 g/mol. The second-order valence-corrected chi connectivity index (χ2v) is 4.79. The van der Waals surface area contributed by atoms with Crippen LogP contribution in [0.15, 0.2) is 36.9 Å². The van der Waals surface area contributed by atoms with Crippen LogP contribution in [0.5, 0.6) is 0 Å². The van der Waals surface area contributed by atoms with Crippen molar-refractivity contribution in [3.05, 3.63) is 48.0 Å². The Morgan fingerprint density at radius 1 is 1.26 bits per heavy atom. The van der Waals surface area contributed by atoms with Crippen LogP contribution in [-0.4, -0.2) is 46.9 Å². The molecule has 1 aromatic rings. The van der Waals surface area contributed by atoms with E-state index in [0.717, 1.165) is 6.08 Å². The highest BCUT2D eigenvalue weighted by molar-refractivity contribution is 6.02. The molecule has 0 heterocycles. The standard InChI is InChI=1S/C16H18O7/c1-3-14(18)23-10(2)8-11(17)9-22-16(21)13-7-5-4-6-12(13)15(19)20/h3-7,10-11,17H,1,8-9H2,2H3,(H,19,20). The molecule has 0 bridgehead atoms. The Morgan fingerprint density at radius 2 is 1.87 bits per heavy atom. The van der Waals surface area contributed by atoms with Gasteiger partial charge in [-0.2, -0.15) is 0 Å². The molecule has 0 aliphatic carbocycles. The monoisotopic (exact) mass is 322 g/mol. The van der Waals surface area contributed by atoms with E-state index >= 15 is 0 Å². The number of hydrogen-bond donors (Lipinski definition) is 2. The molecular weight excluding hydrogens is 304 g/mol. The summed E-state index contributed by atoms with van der Waals surface area (Å²) in [7, 11) is 0. The van der Waals surface area contributed by atoms with Gasteiger partial charge in [0.2, 0.25) is 0 Å². The third-order valence-electron chi connectivity index (χ3n) is 2.87. The molecule has 124 valence electrons. The highest BCUT2D eigenvalue weighted by atomic mass is 16.5. The van der Waals surface area contributed by atoms with Gasteiger partial charge in [-0.25, -0.2) is 14.4 Å². The second kappa shape index (κ2) is 8.70. The fourth-order valence-electron chi connectivity index (χ4n) is 1.84. The summed E-state index contributed by atoms with van der Waals surface area (Å²) in [6.45, 7) is 4.49. The van der Waals surface area contributed by atoms with Crippen LogP contribution in [0.2, 0.25) is 0 Å². The molecule has 1 aromatic carbocycles. The van der Waals surface area contributed by atoms with Gasteiger partial charge in [0.1, 0.15) is 12.7 Å². The summed E-state index contributed by atoms with van der Waals surface area (Å²) in [5.41, 5.74) is -0.279. The lowest BCUT2D eigenvalue weighted by Gasteiger charge is -2.16. The number of esters is 2. The zero-order valence-corrected chi connectivity index (χ0v) is 12.6. The maximum absolute atomic E-state index is 11.9. The first-order valence-corrected chi connectivity index (χ1v) is 6.85. The van der Waals surface area contributed by atoms with Crippen LogP contribution >= 0.6 is 0 Å². The minimum Gasteiger partial charge on any atom is -0.478 e. The molecule has 2 N–H and O–H groups in total. The quantitative estimate of drug-likeness (QED) is 0.550. The first-order chi connectivity index (χ1) is 10.8. The number of aromatic carboxylic acids is 1. The van der Waals surface area contributed by atoms with Crippen molar-refractivity contribution < 1.29 is 34.1 Å². The van der Waals surface area contributed by atoms with Crippen LogP contribution in [-0.2, 0) is 14.3 Å². The van der Waals surface area contributed by atoms with Gasteiger partial charge in [0.15, 0.2) is 0 Å². The molecule has 7 heteroatoms. The minimum absolute atomic E-state index is 0.0629. The van der Waals surface area contributed by atoms with E-state index in [1.165, 1.54) is 24.3 Å². The lowest BCUT2D eigenvalue weighted by Crippen LogP contribution is -2.25. The SMILES string of the molecule is C=CC(=O)OC(C)CC(O)COC(=O)c1ccccc1C(=O)O. The van der Waals surface area contributed by atoms with E-state index < -0.39 is 30.1 Å². The van der Waals surface area contributed by atoms with E-state index in [1.807, 2.05) is 0 Å². The number of benzene rings is 1. The Hall–Kier alpha value is -2.67. The van der Waals surface area contributed by atoms with Crippen LogP contribution in [0, 0.1) is 0 Å². The number of aliphatic hydroxyl groups is 1. The number of hydrogen-bond acceptors (Lipinski definition) is 6. The number of carboxylic acid groups (broad SMARTS) is 1. The fourth-order valence-corrected chi connectivity index (χ4v) is 1.84. The number of ether oxygens (including phenoxy) is 2. The number of aliphatic hydroxyl groups excluding tert-OH is 1. The highest BCUT2D eigenvalue weighted by Gasteiger charge is 2.19. The van der Waals surface area contributed by atoms with Crippen LogP contribution in [0.4, 0.5) is 0 Å². The summed E-state index contributed by atoms with van der Waals surface area (Å²) in [6, 6.07) is 5.61. The molecule has 0 aliphatic heterocycles. The van der Waals surface area contributed by atoms with E-state index in [-0.39, 0.29) is 24.2 Å². The molecule has 23 heavy (non-hydrogen) atoms. The number of carbonyl (C=O) groups excluding carboxylic acids is 2. The minimum atomic E-state index is -1.25. The molecule has 0 fully saturated rings. The fraction of sp³-hybridized carbons (Fsp3) is 0.312. The van der Waals surface area contributed by atoms with Gasteiger partial charge >= 0.3 is 17.9 Å². The predicted molar refractivity (Wildman–Crippen MR) is 80.1 cm³/mol. The van der Waals surface area contributed by atoms with Crippen LogP contribution in [0.3, 0.4) is 0 Å². The Bertz CT molecular complexity index is 594. The summed E-state index contributed by atoms with van der Waals surface area (Å²) in [6.07, 6.45) is -0.566. The predicted octanol–water partition coefficient (Wildman–Crippen LogP) is 1.41. The van der Waals surface area contributed by atoms with E-state index in [0.29, 0.717) is 0 Å². The Balaban J connectivity index is 2.54. The molecular formula is C16H18O7. The van der Waals surface area contributed by atoms with Crippen molar-refractivity contribution in [2.45, 2.75) is 25.6 Å². The summed E-state index contributed by atoms with van der Waals surface area (Å²) >= 11 is 0. The molecule has 0 saturated carbocycles. The summed E-state index contributed by atoms with van der Waals surface area (Å²) in [4.78, 5) is 33.9. The zero-order valence-electron chi connectivity index (χ0n) is 12.6. The first-order valence-electron chi connectivity index (χ1n) is 6.85. The molecule has 0 aliphatic rings. The largest absolute Gasteiger partial charge is 0.478 e. The third-order valence-corrected chi connectivity index (χ3v) is 2.87. The van der Waals surface area contributed by atoms with Gasteiger partial charge in [0.05, 0.1) is 17.2 Å². The maximum atomic E-state index is 11.9. The topological polar surface area (TPSA) is 110 Å². The molecule has 0 amide bonds. The molecule has 0 spiro atoms. The summed E-state index contributed by atoms with van der Waals surface area (Å²) in [5, 5.41) is 18.8. The van der Waals surface area contributed by atoms with Gasteiger partial charge in [-0.3, -0.25) is 0 Å². The smallest absolute Gasteiger partial charge is 0.339 e. The zero-order chi connectivity index (χ0) is 17.4. The highest BCUT2D eigenvalue weighted by Crippen LogP contribution is 2.11. The molecule has 7 nitrogen and oxygen atoms in total. The molecule has 0 radical (unpaired) electrons. The normalized spacial score (nSPS) is 12.8. The van der Waals surface area contributed by atoms with E-state index in [1.54, 1.807) is 6.92 Å². The van der Waals surface area contributed by atoms with E-state index in [4.69, 9.17) is 14.6 Å². The number of carboxylic acids is 1. The van der Waals surface area contributed by atoms with Crippen LogP contribution < -0.4 is 0 Å². The van der Waals surface area contributed by atoms with E-state index in [9.17, 15) is 19.5 Å². The van der Waals surface area contributed by atoms with Crippen LogP contribution in [0.25, 0.3) is 0 Å². The number of carbonyl (C=O) groups is 3. The summed E-state index contributed by atoms with van der Waals surface area (Å²) in [5.74, 6) is -2.71. The van der Waals surface area contributed by atoms with Crippen molar-refractivity contribution in [2.75, 3.05) is 6.61 Å². The van der Waals surface area contributed by atoms with Gasteiger partial charge in [-0.05, 0) is 19.1 Å². The Kier molecular flexibility index (Phi) is 6.95. The molecule has 0 aromatic heterocycles. The van der Waals surface area contributed by atoms with Gasteiger partial charge < -0.3 is 19.7 Å². The lowest BCUT2D eigenvalue weighted by molar-refractivity contribution is -0.143. The molecule has 0 saturated heterocycles. The lowest BCUT2D eigenvalue weighted by atomic mass is 10.1. The van der Waals surface area contributed by atoms with Crippen molar-refractivity contribution >= 4 is 17.9 Å². The van der Waals surface area contributed by atoms with Crippen molar-refractivity contribution in [2.24, 2.45) is 0 Å². The van der Waals surface area contributed by atoms with Crippen LogP contribution in [0.1, 0.15) is 34.1 Å². The van der Waals surface area contributed by atoms with E-state index in [2.05, 4.69) is 6.58 Å². The van der Waals surface area contributed by atoms with Crippen molar-refractivity contribution in [3.63, 3.8) is 0 Å². The van der Waals surface area contributed by atoms with Crippen molar-refractivity contribution in [3.8, 4) is 0 Å². The van der Waals surface area contributed by atoms with Gasteiger partial charge in [-0.15, -0.1) is 0 Å². The molecule has 2 atom stereocenters.